The van der Waals surface area contributed by atoms with Crippen LogP contribution >= 0.6 is 0 Å². The molecule has 1 aromatic heterocycles. The SMILES string of the molecule is Cc1occc1C(=O)NN=CC(C)c1ccccc1. The summed E-state index contributed by atoms with van der Waals surface area (Å²) in [6, 6.07) is 11.6. The summed E-state index contributed by atoms with van der Waals surface area (Å²) in [5, 5.41) is 3.98. The molecule has 4 nitrogen and oxygen atoms in total. The van der Waals surface area contributed by atoms with Gasteiger partial charge in [0.25, 0.3) is 5.91 Å². The molecule has 98 valence electrons. The first-order chi connectivity index (χ1) is 9.18. The van der Waals surface area contributed by atoms with Crippen LogP contribution in [0.15, 0.2) is 52.2 Å². The second kappa shape index (κ2) is 6.00. The van der Waals surface area contributed by atoms with E-state index in [4.69, 9.17) is 4.42 Å². The molecule has 2 aromatic rings. The van der Waals surface area contributed by atoms with E-state index in [0.717, 1.165) is 5.56 Å². The second-order valence-electron chi connectivity index (χ2n) is 4.31. The molecule has 0 bridgehead atoms. The van der Waals surface area contributed by atoms with Crippen molar-refractivity contribution in [1.82, 2.24) is 5.43 Å². The van der Waals surface area contributed by atoms with Gasteiger partial charge in [0.05, 0.1) is 11.8 Å². The Morgan fingerprint density at radius 1 is 1.32 bits per heavy atom. The highest BCUT2D eigenvalue weighted by molar-refractivity contribution is 5.95. The van der Waals surface area contributed by atoms with Crippen molar-refractivity contribution in [3.63, 3.8) is 0 Å². The Bertz CT molecular complexity index is 573. The monoisotopic (exact) mass is 256 g/mol. The van der Waals surface area contributed by atoms with Crippen LogP contribution in [-0.4, -0.2) is 12.1 Å². The molecular weight excluding hydrogens is 240 g/mol. The highest BCUT2D eigenvalue weighted by Gasteiger charge is 2.10. The average molecular weight is 256 g/mol. The number of hydrogen-bond acceptors (Lipinski definition) is 3. The normalized spacial score (nSPS) is 12.5. The van der Waals surface area contributed by atoms with Crippen molar-refractivity contribution in [2.75, 3.05) is 0 Å². The summed E-state index contributed by atoms with van der Waals surface area (Å²) in [5.41, 5.74) is 4.15. The molecule has 1 atom stereocenters. The first-order valence-corrected chi connectivity index (χ1v) is 6.11. The zero-order valence-corrected chi connectivity index (χ0v) is 11.0. The van der Waals surface area contributed by atoms with Crippen molar-refractivity contribution < 1.29 is 9.21 Å². The van der Waals surface area contributed by atoms with Crippen molar-refractivity contribution >= 4 is 12.1 Å². The molecule has 1 unspecified atom stereocenters. The molecule has 0 fully saturated rings. The van der Waals surface area contributed by atoms with Gasteiger partial charge in [0.15, 0.2) is 0 Å². The molecule has 2 rings (SSSR count). The molecule has 0 aliphatic heterocycles. The number of benzene rings is 1. The summed E-state index contributed by atoms with van der Waals surface area (Å²) in [6.07, 6.45) is 3.20. The highest BCUT2D eigenvalue weighted by atomic mass is 16.3. The smallest absolute Gasteiger partial charge is 0.274 e. The summed E-state index contributed by atoms with van der Waals surface area (Å²) in [5.74, 6) is 0.471. The van der Waals surface area contributed by atoms with E-state index in [-0.39, 0.29) is 11.8 Å². The van der Waals surface area contributed by atoms with Gasteiger partial charge in [-0.05, 0) is 18.6 Å². The topological polar surface area (TPSA) is 54.6 Å². The van der Waals surface area contributed by atoms with Crippen LogP contribution in [0, 0.1) is 6.92 Å². The van der Waals surface area contributed by atoms with E-state index in [1.54, 1.807) is 19.2 Å². The van der Waals surface area contributed by atoms with E-state index in [2.05, 4.69) is 10.5 Å². The van der Waals surface area contributed by atoms with Gasteiger partial charge in [-0.3, -0.25) is 4.79 Å². The third-order valence-corrected chi connectivity index (χ3v) is 2.89. The van der Waals surface area contributed by atoms with E-state index in [9.17, 15) is 4.79 Å². The number of nitrogens with zero attached hydrogens (tertiary/aromatic N) is 1. The van der Waals surface area contributed by atoms with Crippen LogP contribution in [0.2, 0.25) is 0 Å². The Hall–Kier alpha value is -2.36. The van der Waals surface area contributed by atoms with Crippen molar-refractivity contribution in [1.29, 1.82) is 0 Å². The maximum absolute atomic E-state index is 11.8. The molecule has 0 aliphatic carbocycles. The number of furan rings is 1. The zero-order chi connectivity index (χ0) is 13.7. The molecule has 0 saturated heterocycles. The van der Waals surface area contributed by atoms with E-state index in [0.29, 0.717) is 11.3 Å². The number of carbonyl (C=O) groups is 1. The highest BCUT2D eigenvalue weighted by Crippen LogP contribution is 2.12. The van der Waals surface area contributed by atoms with Gasteiger partial charge in [-0.15, -0.1) is 0 Å². The van der Waals surface area contributed by atoms with E-state index >= 15 is 0 Å². The van der Waals surface area contributed by atoms with Gasteiger partial charge < -0.3 is 4.42 Å². The van der Waals surface area contributed by atoms with Crippen LogP contribution in [0.3, 0.4) is 0 Å². The van der Waals surface area contributed by atoms with Crippen molar-refractivity contribution in [2.24, 2.45) is 5.10 Å². The summed E-state index contributed by atoms with van der Waals surface area (Å²) >= 11 is 0. The Labute approximate surface area is 112 Å². The van der Waals surface area contributed by atoms with E-state index < -0.39 is 0 Å². The molecule has 0 spiro atoms. The first-order valence-electron chi connectivity index (χ1n) is 6.11. The molecule has 1 N–H and O–H groups in total. The molecular formula is C15H16N2O2. The number of aryl methyl sites for hydroxylation is 1. The lowest BCUT2D eigenvalue weighted by atomic mass is 10.0. The molecule has 19 heavy (non-hydrogen) atoms. The van der Waals surface area contributed by atoms with Gasteiger partial charge in [-0.1, -0.05) is 37.3 Å². The molecule has 4 heteroatoms. The first kappa shape index (κ1) is 13.1. The number of hydrogen-bond donors (Lipinski definition) is 1. The maximum Gasteiger partial charge on any atom is 0.274 e. The Kier molecular flexibility index (Phi) is 4.13. The van der Waals surface area contributed by atoms with E-state index in [1.807, 2.05) is 37.3 Å². The standard InChI is InChI=1S/C15H16N2O2/c1-11(13-6-4-3-5-7-13)10-16-17-15(18)14-8-9-19-12(14)2/h3-11H,1-2H3,(H,17,18). The van der Waals surface area contributed by atoms with Crippen LogP contribution in [0.25, 0.3) is 0 Å². The minimum absolute atomic E-state index is 0.145. The summed E-state index contributed by atoms with van der Waals surface area (Å²) in [6.45, 7) is 3.76. The van der Waals surface area contributed by atoms with Crippen molar-refractivity contribution in [2.45, 2.75) is 19.8 Å². The summed E-state index contributed by atoms with van der Waals surface area (Å²) < 4.78 is 5.07. The van der Waals surface area contributed by atoms with Crippen molar-refractivity contribution in [3.8, 4) is 0 Å². The molecule has 1 heterocycles. The van der Waals surface area contributed by atoms with Gasteiger partial charge in [-0.25, -0.2) is 5.43 Å². The van der Waals surface area contributed by atoms with Crippen molar-refractivity contribution in [3.05, 3.63) is 59.5 Å². The second-order valence-corrected chi connectivity index (χ2v) is 4.31. The van der Waals surface area contributed by atoms with Gasteiger partial charge in [0, 0.05) is 12.1 Å². The van der Waals surface area contributed by atoms with Crippen LogP contribution in [0.4, 0.5) is 0 Å². The Balaban J connectivity index is 1.94. The predicted octanol–water partition coefficient (Wildman–Crippen LogP) is 3.11. The lowest BCUT2D eigenvalue weighted by Crippen LogP contribution is -2.18. The molecule has 0 radical (unpaired) electrons. The third kappa shape index (κ3) is 3.31. The number of amides is 1. The zero-order valence-electron chi connectivity index (χ0n) is 11.0. The minimum atomic E-state index is -0.261. The van der Waals surface area contributed by atoms with Crippen LogP contribution in [-0.2, 0) is 0 Å². The van der Waals surface area contributed by atoms with Gasteiger partial charge in [0.1, 0.15) is 5.76 Å². The maximum atomic E-state index is 11.8. The Morgan fingerprint density at radius 2 is 2.05 bits per heavy atom. The fraction of sp³-hybridized carbons (Fsp3) is 0.200. The fourth-order valence-electron chi connectivity index (χ4n) is 1.73. The quantitative estimate of drug-likeness (QED) is 0.675. The summed E-state index contributed by atoms with van der Waals surface area (Å²) in [4.78, 5) is 11.8. The number of rotatable bonds is 4. The predicted molar refractivity (Wildman–Crippen MR) is 74.3 cm³/mol. The largest absolute Gasteiger partial charge is 0.469 e. The molecule has 1 amide bonds. The number of hydrazone groups is 1. The molecule has 1 aromatic carbocycles. The molecule has 0 aliphatic rings. The molecule has 0 saturated carbocycles. The van der Waals surface area contributed by atoms with Crippen LogP contribution < -0.4 is 5.43 Å². The lowest BCUT2D eigenvalue weighted by Gasteiger charge is -2.05. The summed E-state index contributed by atoms with van der Waals surface area (Å²) in [7, 11) is 0. The average Bonchev–Trinajstić information content (AvgIpc) is 2.86. The lowest BCUT2D eigenvalue weighted by molar-refractivity contribution is 0.0953. The van der Waals surface area contributed by atoms with Crippen LogP contribution in [0.1, 0.15) is 34.5 Å². The third-order valence-electron chi connectivity index (χ3n) is 2.89. The number of carbonyl (C=O) groups excluding carboxylic acids is 1. The van der Waals surface area contributed by atoms with E-state index in [1.165, 1.54) is 6.26 Å². The fourth-order valence-corrected chi connectivity index (χ4v) is 1.73. The van der Waals surface area contributed by atoms with Gasteiger partial charge >= 0.3 is 0 Å². The van der Waals surface area contributed by atoms with Gasteiger partial charge in [-0.2, -0.15) is 5.10 Å². The minimum Gasteiger partial charge on any atom is -0.469 e. The van der Waals surface area contributed by atoms with Crippen LogP contribution in [0.5, 0.6) is 0 Å². The Morgan fingerprint density at radius 3 is 2.68 bits per heavy atom. The van der Waals surface area contributed by atoms with Gasteiger partial charge in [0.2, 0.25) is 0 Å². The number of nitrogens with one attached hydrogen (secondary N) is 1.